The highest BCUT2D eigenvalue weighted by Crippen LogP contribution is 2.18. The van der Waals surface area contributed by atoms with Crippen molar-refractivity contribution in [3.8, 4) is 5.75 Å². The van der Waals surface area contributed by atoms with Crippen LogP contribution >= 0.6 is 0 Å². The Labute approximate surface area is 160 Å². The summed E-state index contributed by atoms with van der Waals surface area (Å²) < 4.78 is 32.1. The van der Waals surface area contributed by atoms with Gasteiger partial charge in [-0.1, -0.05) is 26.0 Å². The van der Waals surface area contributed by atoms with Gasteiger partial charge >= 0.3 is 0 Å². The zero-order valence-corrected chi connectivity index (χ0v) is 16.3. The van der Waals surface area contributed by atoms with Crippen LogP contribution in [-0.4, -0.2) is 27.5 Å². The van der Waals surface area contributed by atoms with Crippen LogP contribution < -0.4 is 14.8 Å². The smallest absolute Gasteiger partial charge is 0.255 e. The van der Waals surface area contributed by atoms with Gasteiger partial charge in [0.2, 0.25) is 10.0 Å². The Hall–Kier alpha value is -2.64. The summed E-state index contributed by atoms with van der Waals surface area (Å²) in [5.41, 5.74) is 0.955. The standard InChI is InChI=1S/C20H24N2O4S/c1-4-12-21-27(24,25)19-10-8-17(9-11-19)22-20(23)16-6-5-7-18(13-16)26-14-15(2)3/h4-11,13,15,21H,1,12,14H2,2-3H3,(H,22,23). The van der Waals surface area contributed by atoms with Crippen LogP contribution in [0.4, 0.5) is 5.69 Å². The second-order valence-electron chi connectivity index (χ2n) is 6.35. The first-order chi connectivity index (χ1) is 12.8. The molecule has 0 unspecified atom stereocenters. The van der Waals surface area contributed by atoms with Crippen LogP contribution in [0.2, 0.25) is 0 Å². The molecule has 0 atom stereocenters. The Morgan fingerprint density at radius 2 is 1.89 bits per heavy atom. The average molecular weight is 388 g/mol. The maximum atomic E-state index is 12.4. The molecule has 0 heterocycles. The second-order valence-corrected chi connectivity index (χ2v) is 8.12. The van der Waals surface area contributed by atoms with Crippen LogP contribution in [0, 0.1) is 5.92 Å². The Morgan fingerprint density at radius 1 is 1.19 bits per heavy atom. The molecule has 0 aromatic heterocycles. The van der Waals surface area contributed by atoms with E-state index in [4.69, 9.17) is 4.74 Å². The highest BCUT2D eigenvalue weighted by atomic mass is 32.2. The number of rotatable bonds is 9. The van der Waals surface area contributed by atoms with Gasteiger partial charge < -0.3 is 10.1 Å². The summed E-state index contributed by atoms with van der Waals surface area (Å²) >= 11 is 0. The third-order valence-electron chi connectivity index (χ3n) is 3.52. The highest BCUT2D eigenvalue weighted by Gasteiger charge is 2.13. The molecule has 2 rings (SSSR count). The summed E-state index contributed by atoms with van der Waals surface area (Å²) in [4.78, 5) is 12.5. The number of hydrogen-bond acceptors (Lipinski definition) is 4. The summed E-state index contributed by atoms with van der Waals surface area (Å²) in [7, 11) is -3.59. The molecule has 2 aromatic rings. The molecule has 0 bridgehead atoms. The fraction of sp³-hybridized carbons (Fsp3) is 0.250. The van der Waals surface area contributed by atoms with Gasteiger partial charge in [0.05, 0.1) is 11.5 Å². The summed E-state index contributed by atoms with van der Waals surface area (Å²) in [6.07, 6.45) is 1.46. The number of carbonyl (C=O) groups excluding carboxylic acids is 1. The number of sulfonamides is 1. The predicted octanol–water partition coefficient (Wildman–Crippen LogP) is 3.44. The van der Waals surface area contributed by atoms with Gasteiger partial charge in [-0.2, -0.15) is 0 Å². The normalized spacial score (nSPS) is 11.2. The molecule has 0 fully saturated rings. The summed E-state index contributed by atoms with van der Waals surface area (Å²) in [5.74, 6) is 0.717. The molecule has 0 saturated carbocycles. The van der Waals surface area contributed by atoms with E-state index >= 15 is 0 Å². The van der Waals surface area contributed by atoms with Crippen molar-refractivity contribution in [2.75, 3.05) is 18.5 Å². The van der Waals surface area contributed by atoms with E-state index in [1.54, 1.807) is 36.4 Å². The minimum atomic E-state index is -3.59. The number of nitrogens with one attached hydrogen (secondary N) is 2. The minimum absolute atomic E-state index is 0.117. The second kappa shape index (κ2) is 9.34. The Balaban J connectivity index is 2.06. The van der Waals surface area contributed by atoms with Crippen LogP contribution in [0.5, 0.6) is 5.75 Å². The number of carbonyl (C=O) groups is 1. The van der Waals surface area contributed by atoms with Crippen LogP contribution in [0.1, 0.15) is 24.2 Å². The molecule has 0 aliphatic carbocycles. The Kier molecular flexibility index (Phi) is 7.15. The first kappa shape index (κ1) is 20.7. The van der Waals surface area contributed by atoms with Crippen molar-refractivity contribution in [2.45, 2.75) is 18.7 Å². The third-order valence-corrected chi connectivity index (χ3v) is 4.96. The van der Waals surface area contributed by atoms with Crippen molar-refractivity contribution >= 4 is 21.6 Å². The number of hydrogen-bond donors (Lipinski definition) is 2. The molecule has 0 aliphatic rings. The number of anilines is 1. The van der Waals surface area contributed by atoms with E-state index in [-0.39, 0.29) is 17.3 Å². The molecule has 27 heavy (non-hydrogen) atoms. The van der Waals surface area contributed by atoms with Crippen molar-refractivity contribution in [2.24, 2.45) is 5.92 Å². The van der Waals surface area contributed by atoms with Gasteiger partial charge in [-0.15, -0.1) is 6.58 Å². The lowest BCUT2D eigenvalue weighted by Crippen LogP contribution is -2.23. The van der Waals surface area contributed by atoms with E-state index in [2.05, 4.69) is 16.6 Å². The van der Waals surface area contributed by atoms with Crippen molar-refractivity contribution in [3.05, 3.63) is 66.7 Å². The van der Waals surface area contributed by atoms with Gasteiger partial charge in [-0.05, 0) is 48.4 Å². The van der Waals surface area contributed by atoms with Gasteiger partial charge in [0.15, 0.2) is 0 Å². The van der Waals surface area contributed by atoms with E-state index in [0.717, 1.165) is 0 Å². The predicted molar refractivity (Wildman–Crippen MR) is 107 cm³/mol. The maximum Gasteiger partial charge on any atom is 0.255 e. The molecule has 0 radical (unpaired) electrons. The first-order valence-corrected chi connectivity index (χ1v) is 10.0. The van der Waals surface area contributed by atoms with Crippen molar-refractivity contribution in [3.63, 3.8) is 0 Å². The van der Waals surface area contributed by atoms with Crippen LogP contribution in [0.25, 0.3) is 0 Å². The molecule has 6 nitrogen and oxygen atoms in total. The van der Waals surface area contributed by atoms with E-state index in [9.17, 15) is 13.2 Å². The van der Waals surface area contributed by atoms with Crippen molar-refractivity contribution < 1.29 is 17.9 Å². The molecule has 0 spiro atoms. The first-order valence-electron chi connectivity index (χ1n) is 8.56. The molecule has 144 valence electrons. The van der Waals surface area contributed by atoms with Crippen molar-refractivity contribution in [1.82, 2.24) is 4.72 Å². The van der Waals surface area contributed by atoms with Crippen LogP contribution in [-0.2, 0) is 10.0 Å². The van der Waals surface area contributed by atoms with Gasteiger partial charge in [0.25, 0.3) is 5.91 Å². The SMILES string of the molecule is C=CCNS(=O)(=O)c1ccc(NC(=O)c2cccc(OCC(C)C)c2)cc1. The molecule has 2 N–H and O–H groups in total. The maximum absolute atomic E-state index is 12.4. The molecule has 0 saturated heterocycles. The zero-order valence-electron chi connectivity index (χ0n) is 15.4. The molecular weight excluding hydrogens is 364 g/mol. The van der Waals surface area contributed by atoms with Gasteiger partial charge in [0.1, 0.15) is 5.75 Å². The largest absolute Gasteiger partial charge is 0.493 e. The Morgan fingerprint density at radius 3 is 2.52 bits per heavy atom. The van der Waals surface area contributed by atoms with Crippen molar-refractivity contribution in [1.29, 1.82) is 0 Å². The molecule has 2 aromatic carbocycles. The molecular formula is C20H24N2O4S. The van der Waals surface area contributed by atoms with Crippen LogP contribution in [0.15, 0.2) is 66.1 Å². The molecule has 7 heteroatoms. The van der Waals surface area contributed by atoms with E-state index in [1.165, 1.54) is 18.2 Å². The van der Waals surface area contributed by atoms with Gasteiger partial charge in [-0.25, -0.2) is 13.1 Å². The fourth-order valence-electron chi connectivity index (χ4n) is 2.16. The van der Waals surface area contributed by atoms with Crippen LogP contribution in [0.3, 0.4) is 0 Å². The highest BCUT2D eigenvalue weighted by molar-refractivity contribution is 7.89. The van der Waals surface area contributed by atoms with E-state index < -0.39 is 10.0 Å². The lowest BCUT2D eigenvalue weighted by Gasteiger charge is -2.11. The average Bonchev–Trinajstić information content (AvgIpc) is 2.65. The lowest BCUT2D eigenvalue weighted by molar-refractivity contribution is 0.102. The molecule has 1 amide bonds. The van der Waals surface area contributed by atoms with E-state index in [1.807, 2.05) is 13.8 Å². The summed E-state index contributed by atoms with van der Waals surface area (Å²) in [6, 6.07) is 12.9. The fourth-order valence-corrected chi connectivity index (χ4v) is 3.16. The van der Waals surface area contributed by atoms with E-state index in [0.29, 0.717) is 29.5 Å². The lowest BCUT2D eigenvalue weighted by atomic mass is 10.2. The number of amides is 1. The zero-order chi connectivity index (χ0) is 19.9. The molecule has 0 aliphatic heterocycles. The number of ether oxygens (including phenoxy) is 1. The van der Waals surface area contributed by atoms with Gasteiger partial charge in [0, 0.05) is 17.8 Å². The topological polar surface area (TPSA) is 84.5 Å². The number of benzene rings is 2. The Bertz CT molecular complexity index is 890. The minimum Gasteiger partial charge on any atom is -0.493 e. The monoisotopic (exact) mass is 388 g/mol. The van der Waals surface area contributed by atoms with Gasteiger partial charge in [-0.3, -0.25) is 4.79 Å². The quantitative estimate of drug-likeness (QED) is 0.645. The summed E-state index contributed by atoms with van der Waals surface area (Å²) in [5, 5.41) is 2.75. The third kappa shape index (κ3) is 6.23. The summed E-state index contributed by atoms with van der Waals surface area (Å²) in [6.45, 7) is 8.29.